The van der Waals surface area contributed by atoms with Crippen molar-refractivity contribution in [2.24, 2.45) is 0 Å². The van der Waals surface area contributed by atoms with Crippen molar-refractivity contribution in [3.8, 4) is 0 Å². The van der Waals surface area contributed by atoms with Crippen LogP contribution in [0.15, 0.2) is 29.2 Å². The molecule has 0 aliphatic carbocycles. The van der Waals surface area contributed by atoms with Crippen LogP contribution in [0.1, 0.15) is 39.0 Å². The van der Waals surface area contributed by atoms with Gasteiger partial charge in [0.2, 0.25) is 15.9 Å². The average molecular weight is 359 g/mol. The number of hydrogen-bond donors (Lipinski definition) is 1. The number of carbonyl (C=O) groups is 1. The minimum absolute atomic E-state index is 0.0188. The van der Waals surface area contributed by atoms with Crippen molar-refractivity contribution in [1.29, 1.82) is 0 Å². The molecule has 1 aliphatic heterocycles. The van der Waals surface area contributed by atoms with Crippen LogP contribution in [0, 0.1) is 0 Å². The smallest absolute Gasteiger partial charge is 0.240 e. The first-order chi connectivity index (χ1) is 10.9. The molecule has 1 atom stereocenters. The van der Waals surface area contributed by atoms with Gasteiger partial charge in [0.1, 0.15) is 0 Å². The number of carbonyl (C=O) groups excluding carboxylic acids is 1. The highest BCUT2D eigenvalue weighted by Gasteiger charge is 2.25. The number of rotatable bonds is 6. The zero-order chi connectivity index (χ0) is 16.9. The number of benzene rings is 1. The Bertz CT molecular complexity index is 648. The van der Waals surface area contributed by atoms with E-state index in [1.807, 2.05) is 4.90 Å². The molecule has 2 rings (SSSR count). The molecule has 0 spiro atoms. The molecule has 1 fully saturated rings. The Kier molecular flexibility index (Phi) is 6.44. The number of hydrogen-bond acceptors (Lipinski definition) is 3. The maximum absolute atomic E-state index is 12.3. The van der Waals surface area contributed by atoms with Crippen LogP contribution in [-0.2, 0) is 14.8 Å². The summed E-state index contributed by atoms with van der Waals surface area (Å²) in [5.41, 5.74) is 0. The fourth-order valence-electron chi connectivity index (χ4n) is 2.91. The van der Waals surface area contributed by atoms with Crippen LogP contribution >= 0.6 is 11.6 Å². The highest BCUT2D eigenvalue weighted by molar-refractivity contribution is 7.89. The zero-order valence-electron chi connectivity index (χ0n) is 13.3. The first-order valence-electron chi connectivity index (χ1n) is 7.98. The van der Waals surface area contributed by atoms with Gasteiger partial charge in [0.25, 0.3) is 0 Å². The molecule has 0 aromatic heterocycles. The lowest BCUT2D eigenvalue weighted by molar-refractivity contribution is -0.134. The molecule has 1 saturated heterocycles. The molecule has 1 unspecified atom stereocenters. The maximum atomic E-state index is 12.3. The Morgan fingerprint density at radius 1 is 1.39 bits per heavy atom. The van der Waals surface area contributed by atoms with E-state index in [0.29, 0.717) is 11.1 Å². The standard InChI is InChI=1S/C16H23ClN2O3S/c1-2-14-7-3-4-11-19(14)16(20)9-10-18-23(21,22)15-8-5-6-13(17)12-15/h5-6,8,12,14,18H,2-4,7,9-11H2,1H3. The van der Waals surface area contributed by atoms with E-state index in [1.165, 1.54) is 12.1 Å². The molecule has 1 aromatic rings. The Morgan fingerprint density at radius 3 is 2.87 bits per heavy atom. The molecule has 1 aromatic carbocycles. The summed E-state index contributed by atoms with van der Waals surface area (Å²) in [5.74, 6) is 0.0188. The third-order valence-electron chi connectivity index (χ3n) is 4.16. The van der Waals surface area contributed by atoms with Gasteiger partial charge in [-0.15, -0.1) is 0 Å². The second kappa shape index (κ2) is 8.13. The third-order valence-corrected chi connectivity index (χ3v) is 5.85. The summed E-state index contributed by atoms with van der Waals surface area (Å²) in [6, 6.07) is 6.37. The summed E-state index contributed by atoms with van der Waals surface area (Å²) in [5, 5.41) is 0.364. The lowest BCUT2D eigenvalue weighted by atomic mass is 9.99. The second-order valence-electron chi connectivity index (χ2n) is 5.75. The lowest BCUT2D eigenvalue weighted by Gasteiger charge is -2.35. The van der Waals surface area contributed by atoms with Crippen molar-refractivity contribution in [3.63, 3.8) is 0 Å². The number of nitrogens with one attached hydrogen (secondary N) is 1. The molecule has 0 radical (unpaired) electrons. The quantitative estimate of drug-likeness (QED) is 0.850. The first kappa shape index (κ1) is 18.2. The summed E-state index contributed by atoms with van der Waals surface area (Å²) < 4.78 is 26.8. The minimum atomic E-state index is -3.63. The van der Waals surface area contributed by atoms with Crippen molar-refractivity contribution in [2.75, 3.05) is 13.1 Å². The van der Waals surface area contributed by atoms with Crippen LogP contribution in [0.25, 0.3) is 0 Å². The van der Waals surface area contributed by atoms with Crippen molar-refractivity contribution in [1.82, 2.24) is 9.62 Å². The number of piperidine rings is 1. The predicted molar refractivity (Wildman–Crippen MR) is 90.9 cm³/mol. The summed E-state index contributed by atoms with van der Waals surface area (Å²) >= 11 is 5.82. The van der Waals surface area contributed by atoms with E-state index in [9.17, 15) is 13.2 Å². The van der Waals surface area contributed by atoms with Gasteiger partial charge >= 0.3 is 0 Å². The maximum Gasteiger partial charge on any atom is 0.240 e. The van der Waals surface area contributed by atoms with E-state index in [0.717, 1.165) is 32.2 Å². The Balaban J connectivity index is 1.89. The number of sulfonamides is 1. The minimum Gasteiger partial charge on any atom is -0.340 e. The summed E-state index contributed by atoms with van der Waals surface area (Å²) in [4.78, 5) is 14.3. The zero-order valence-corrected chi connectivity index (χ0v) is 14.9. The van der Waals surface area contributed by atoms with Crippen molar-refractivity contribution < 1.29 is 13.2 Å². The highest BCUT2D eigenvalue weighted by Crippen LogP contribution is 2.20. The third kappa shape index (κ3) is 4.93. The number of amides is 1. The van der Waals surface area contributed by atoms with Gasteiger partial charge in [-0.3, -0.25) is 4.79 Å². The van der Waals surface area contributed by atoms with Gasteiger partial charge in [0.05, 0.1) is 4.90 Å². The Labute approximate surface area is 143 Å². The summed E-state index contributed by atoms with van der Waals surface area (Å²) in [6.45, 7) is 2.96. The van der Waals surface area contributed by atoms with Gasteiger partial charge in [-0.25, -0.2) is 13.1 Å². The molecule has 1 aliphatic rings. The summed E-state index contributed by atoms with van der Waals surface area (Å²) in [7, 11) is -3.63. The molecule has 1 N–H and O–H groups in total. The molecule has 128 valence electrons. The van der Waals surface area contributed by atoms with Gasteiger partial charge in [-0.05, 0) is 43.9 Å². The first-order valence-corrected chi connectivity index (χ1v) is 9.85. The van der Waals surface area contributed by atoms with Gasteiger partial charge in [-0.2, -0.15) is 0 Å². The van der Waals surface area contributed by atoms with E-state index in [4.69, 9.17) is 11.6 Å². The van der Waals surface area contributed by atoms with Crippen molar-refractivity contribution >= 4 is 27.5 Å². The monoisotopic (exact) mass is 358 g/mol. The molecule has 23 heavy (non-hydrogen) atoms. The largest absolute Gasteiger partial charge is 0.340 e. The average Bonchev–Trinajstić information content (AvgIpc) is 2.54. The van der Waals surface area contributed by atoms with Gasteiger partial charge in [-0.1, -0.05) is 24.6 Å². The Morgan fingerprint density at radius 2 is 2.17 bits per heavy atom. The van der Waals surface area contributed by atoms with Crippen molar-refractivity contribution in [3.05, 3.63) is 29.3 Å². The van der Waals surface area contributed by atoms with Crippen LogP contribution in [0.3, 0.4) is 0 Å². The molecule has 1 heterocycles. The fraction of sp³-hybridized carbons (Fsp3) is 0.562. The van der Waals surface area contributed by atoms with Gasteiger partial charge in [0, 0.05) is 30.6 Å². The van der Waals surface area contributed by atoms with Crippen LogP contribution in [0.2, 0.25) is 5.02 Å². The normalized spacial score (nSPS) is 18.9. The number of halogens is 1. The van der Waals surface area contributed by atoms with E-state index in [-0.39, 0.29) is 23.8 Å². The van der Waals surface area contributed by atoms with Gasteiger partial charge in [0.15, 0.2) is 0 Å². The van der Waals surface area contributed by atoms with Gasteiger partial charge < -0.3 is 4.90 Å². The molecule has 7 heteroatoms. The molecule has 0 bridgehead atoms. The topological polar surface area (TPSA) is 66.5 Å². The summed E-state index contributed by atoms with van der Waals surface area (Å²) in [6.07, 6.45) is 4.34. The predicted octanol–water partition coefficient (Wildman–Crippen LogP) is 2.80. The van der Waals surface area contributed by atoms with E-state index < -0.39 is 10.0 Å². The molecule has 1 amide bonds. The van der Waals surface area contributed by atoms with Crippen molar-refractivity contribution in [2.45, 2.75) is 50.0 Å². The van der Waals surface area contributed by atoms with E-state index in [2.05, 4.69) is 11.6 Å². The van der Waals surface area contributed by atoms with Crippen LogP contribution < -0.4 is 4.72 Å². The number of nitrogens with zero attached hydrogens (tertiary/aromatic N) is 1. The van der Waals surface area contributed by atoms with Crippen LogP contribution in [0.5, 0.6) is 0 Å². The second-order valence-corrected chi connectivity index (χ2v) is 7.95. The lowest BCUT2D eigenvalue weighted by Crippen LogP contribution is -2.44. The molecule has 5 nitrogen and oxygen atoms in total. The Hall–Kier alpha value is -1.11. The van der Waals surface area contributed by atoms with E-state index in [1.54, 1.807) is 12.1 Å². The molecular formula is C16H23ClN2O3S. The van der Waals surface area contributed by atoms with Crippen LogP contribution in [-0.4, -0.2) is 38.4 Å². The number of likely N-dealkylation sites (tertiary alicyclic amines) is 1. The van der Waals surface area contributed by atoms with Crippen LogP contribution in [0.4, 0.5) is 0 Å². The SMILES string of the molecule is CCC1CCCCN1C(=O)CCNS(=O)(=O)c1cccc(Cl)c1. The van der Waals surface area contributed by atoms with E-state index >= 15 is 0 Å². The highest BCUT2D eigenvalue weighted by atomic mass is 35.5. The molecule has 0 saturated carbocycles. The fourth-order valence-corrected chi connectivity index (χ4v) is 4.24. The molecular weight excluding hydrogens is 336 g/mol.